The molecule has 0 fully saturated rings. The number of amides is 1. The van der Waals surface area contributed by atoms with E-state index in [1.807, 2.05) is 7.05 Å². The molecule has 2 heterocycles. The molecule has 156 valence electrons. The average molecular weight is 402 g/mol. The van der Waals surface area contributed by atoms with Gasteiger partial charge in [-0.1, -0.05) is 36.4 Å². The summed E-state index contributed by atoms with van der Waals surface area (Å²) >= 11 is 0. The van der Waals surface area contributed by atoms with E-state index in [9.17, 15) is 4.79 Å². The van der Waals surface area contributed by atoms with Crippen molar-refractivity contribution in [1.82, 2.24) is 4.90 Å². The molecule has 2 aromatic carbocycles. The van der Waals surface area contributed by atoms with Crippen LogP contribution < -0.4 is 10.2 Å². The number of carbonyl (C=O) groups is 1. The van der Waals surface area contributed by atoms with Crippen LogP contribution in [0.4, 0.5) is 11.4 Å². The highest BCUT2D eigenvalue weighted by atomic mass is 16.2. The molecule has 4 heteroatoms. The highest BCUT2D eigenvalue weighted by molar-refractivity contribution is 5.77. The fourth-order valence-corrected chi connectivity index (χ4v) is 4.55. The van der Waals surface area contributed by atoms with Gasteiger partial charge in [-0.3, -0.25) is 4.79 Å². The largest absolute Gasteiger partial charge is 0.384 e. The molecule has 0 atom stereocenters. The molecule has 0 unspecified atom stereocenters. The van der Waals surface area contributed by atoms with Gasteiger partial charge in [0, 0.05) is 50.3 Å². The summed E-state index contributed by atoms with van der Waals surface area (Å²) in [6, 6.07) is 17.0. The monoisotopic (exact) mass is 401 g/mol. The smallest absolute Gasteiger partial charge is 0.223 e. The van der Waals surface area contributed by atoms with Crippen LogP contribution in [0.1, 0.15) is 37.8 Å². The fraction of sp³-hybridized carbons (Fsp3) is 0.346. The number of rotatable bonds is 2. The molecule has 1 N–H and O–H groups in total. The Balaban J connectivity index is 0.000000200. The highest BCUT2D eigenvalue weighted by Crippen LogP contribution is 2.36. The van der Waals surface area contributed by atoms with Gasteiger partial charge >= 0.3 is 0 Å². The number of allylic oxidation sites excluding steroid dienone is 2. The summed E-state index contributed by atoms with van der Waals surface area (Å²) in [5.41, 5.74) is 9.20. The molecule has 0 saturated carbocycles. The summed E-state index contributed by atoms with van der Waals surface area (Å²) in [6.07, 6.45) is 6.61. The van der Waals surface area contributed by atoms with Crippen LogP contribution >= 0.6 is 0 Å². The number of hydrogen-bond acceptors (Lipinski definition) is 3. The number of benzene rings is 2. The van der Waals surface area contributed by atoms with Crippen molar-refractivity contribution >= 4 is 17.3 Å². The first kappa shape index (κ1) is 20.3. The number of fused-ring (bicyclic) bond motifs is 2. The summed E-state index contributed by atoms with van der Waals surface area (Å²) in [5, 5.41) is 3.30. The van der Waals surface area contributed by atoms with Gasteiger partial charge < -0.3 is 15.1 Å². The lowest BCUT2D eigenvalue weighted by molar-refractivity contribution is -0.125. The predicted molar refractivity (Wildman–Crippen MR) is 125 cm³/mol. The van der Waals surface area contributed by atoms with E-state index in [4.69, 9.17) is 0 Å². The molecular formula is C26H31N3O. The summed E-state index contributed by atoms with van der Waals surface area (Å²) in [6.45, 7) is 5.90. The van der Waals surface area contributed by atoms with E-state index in [-0.39, 0.29) is 5.91 Å². The van der Waals surface area contributed by atoms with Crippen LogP contribution in [0.25, 0.3) is 0 Å². The summed E-state index contributed by atoms with van der Waals surface area (Å²) in [7, 11) is 1.87. The molecule has 4 nitrogen and oxygen atoms in total. The summed E-state index contributed by atoms with van der Waals surface area (Å²) in [4.78, 5) is 15.8. The van der Waals surface area contributed by atoms with Crippen LogP contribution in [-0.2, 0) is 17.6 Å². The average Bonchev–Trinajstić information content (AvgIpc) is 3.47. The summed E-state index contributed by atoms with van der Waals surface area (Å²) in [5.74, 6) is 0.0963. The Morgan fingerprint density at radius 1 is 1.00 bits per heavy atom. The molecule has 2 aliphatic heterocycles. The molecule has 3 aliphatic rings. The molecule has 0 aromatic heterocycles. The van der Waals surface area contributed by atoms with E-state index in [1.165, 1.54) is 40.1 Å². The fourth-order valence-electron chi connectivity index (χ4n) is 4.55. The molecule has 0 saturated heterocycles. The van der Waals surface area contributed by atoms with Crippen LogP contribution in [0.2, 0.25) is 0 Å². The first-order chi connectivity index (χ1) is 14.5. The van der Waals surface area contributed by atoms with Crippen molar-refractivity contribution in [2.45, 2.75) is 39.5 Å². The molecule has 0 spiro atoms. The molecule has 1 aliphatic carbocycles. The van der Waals surface area contributed by atoms with Gasteiger partial charge in [0.25, 0.3) is 0 Å². The van der Waals surface area contributed by atoms with Gasteiger partial charge in [-0.2, -0.15) is 0 Å². The Morgan fingerprint density at radius 3 is 2.50 bits per heavy atom. The number of para-hydroxylation sites is 2. The van der Waals surface area contributed by atoms with Crippen molar-refractivity contribution in [2.75, 3.05) is 30.4 Å². The van der Waals surface area contributed by atoms with Crippen LogP contribution in [0.3, 0.4) is 0 Å². The number of anilines is 2. The standard InChI is InChI=1S/C18H22N2O.C8H9N/c1-13-8-9-16(18(13)19(3)14(2)21)12-20-11-10-15-6-4-5-7-17(15)20;1-2-4-8-7(3-1)5-6-9-8/h4-7,12H,8-11H2,1-3H3;1-4,9H,5-6H2/b16-12+;. The minimum atomic E-state index is 0.0963. The molecule has 5 rings (SSSR count). The predicted octanol–water partition coefficient (Wildman–Crippen LogP) is 5.13. The maximum Gasteiger partial charge on any atom is 0.223 e. The molecule has 0 bridgehead atoms. The van der Waals surface area contributed by atoms with Gasteiger partial charge in [0.15, 0.2) is 0 Å². The van der Waals surface area contributed by atoms with Gasteiger partial charge in [0.05, 0.1) is 0 Å². The normalized spacial score (nSPS) is 18.0. The van der Waals surface area contributed by atoms with Crippen LogP contribution in [0.15, 0.2) is 71.6 Å². The van der Waals surface area contributed by atoms with Gasteiger partial charge in [0.2, 0.25) is 5.91 Å². The van der Waals surface area contributed by atoms with E-state index >= 15 is 0 Å². The van der Waals surface area contributed by atoms with Crippen molar-refractivity contribution in [1.29, 1.82) is 0 Å². The molecule has 1 amide bonds. The zero-order chi connectivity index (χ0) is 21.1. The number of nitrogens with zero attached hydrogens (tertiary/aromatic N) is 2. The van der Waals surface area contributed by atoms with E-state index in [1.54, 1.807) is 11.8 Å². The van der Waals surface area contributed by atoms with Crippen LogP contribution in [0.5, 0.6) is 0 Å². The van der Waals surface area contributed by atoms with Crippen molar-refractivity contribution in [3.63, 3.8) is 0 Å². The van der Waals surface area contributed by atoms with E-state index in [0.29, 0.717) is 0 Å². The second kappa shape index (κ2) is 8.78. The van der Waals surface area contributed by atoms with Crippen molar-refractivity contribution in [3.05, 3.63) is 82.7 Å². The molecular weight excluding hydrogens is 370 g/mol. The van der Waals surface area contributed by atoms with Crippen molar-refractivity contribution < 1.29 is 4.79 Å². The van der Waals surface area contributed by atoms with E-state index < -0.39 is 0 Å². The third-order valence-corrected chi connectivity index (χ3v) is 6.25. The van der Waals surface area contributed by atoms with Crippen molar-refractivity contribution in [3.8, 4) is 0 Å². The lowest BCUT2D eigenvalue weighted by Gasteiger charge is -2.22. The van der Waals surface area contributed by atoms with Crippen LogP contribution in [-0.4, -0.2) is 30.9 Å². The third-order valence-electron chi connectivity index (χ3n) is 6.25. The maximum atomic E-state index is 11.7. The van der Waals surface area contributed by atoms with Gasteiger partial charge in [0.1, 0.15) is 0 Å². The highest BCUT2D eigenvalue weighted by Gasteiger charge is 2.25. The molecule has 0 radical (unpaired) electrons. The second-order valence-electron chi connectivity index (χ2n) is 8.27. The minimum Gasteiger partial charge on any atom is -0.384 e. The number of carbonyl (C=O) groups excluding carboxylic acids is 1. The number of hydrogen-bond donors (Lipinski definition) is 1. The quantitative estimate of drug-likeness (QED) is 0.757. The summed E-state index contributed by atoms with van der Waals surface area (Å²) < 4.78 is 0. The van der Waals surface area contributed by atoms with Gasteiger partial charge in [-0.25, -0.2) is 0 Å². The lowest BCUT2D eigenvalue weighted by Crippen LogP contribution is -2.24. The Labute approximate surface area is 179 Å². The first-order valence-electron chi connectivity index (χ1n) is 10.9. The number of nitrogens with one attached hydrogen (secondary N) is 1. The Bertz CT molecular complexity index is 982. The Morgan fingerprint density at radius 2 is 1.73 bits per heavy atom. The SMILES string of the molecule is CC(=O)N(C)C1=C(C)CC/C1=C\N1CCc2ccccc21.c1ccc2c(c1)CCN2. The third kappa shape index (κ3) is 4.13. The van der Waals surface area contributed by atoms with E-state index in [0.717, 1.165) is 38.0 Å². The maximum absolute atomic E-state index is 11.7. The second-order valence-corrected chi connectivity index (χ2v) is 8.27. The van der Waals surface area contributed by atoms with Crippen molar-refractivity contribution in [2.24, 2.45) is 0 Å². The zero-order valence-electron chi connectivity index (χ0n) is 18.2. The molecule has 30 heavy (non-hydrogen) atoms. The Kier molecular flexibility index (Phi) is 5.93. The topological polar surface area (TPSA) is 35.6 Å². The van der Waals surface area contributed by atoms with Gasteiger partial charge in [-0.05, 0) is 67.0 Å². The first-order valence-corrected chi connectivity index (χ1v) is 10.9. The number of likely N-dealkylation sites (N-methyl/N-ethyl adjacent to an activating group) is 1. The van der Waals surface area contributed by atoms with Gasteiger partial charge in [-0.15, -0.1) is 0 Å². The Hall–Kier alpha value is -3.01. The van der Waals surface area contributed by atoms with E-state index in [2.05, 4.69) is 71.9 Å². The van der Waals surface area contributed by atoms with Crippen LogP contribution in [0, 0.1) is 0 Å². The molecule has 2 aromatic rings. The zero-order valence-corrected chi connectivity index (χ0v) is 18.2. The minimum absolute atomic E-state index is 0.0963. The lowest BCUT2D eigenvalue weighted by atomic mass is 10.1.